The molecule has 1 aliphatic rings. The van der Waals surface area contributed by atoms with Crippen LogP contribution in [0.3, 0.4) is 0 Å². The maximum Gasteiger partial charge on any atom is 0.417 e. The van der Waals surface area contributed by atoms with Gasteiger partial charge in [0.2, 0.25) is 10.0 Å². The van der Waals surface area contributed by atoms with E-state index in [0.29, 0.717) is 35.4 Å². The van der Waals surface area contributed by atoms with Crippen molar-refractivity contribution < 1.29 is 31.1 Å². The van der Waals surface area contributed by atoms with Crippen LogP contribution in [-0.2, 0) is 16.2 Å². The summed E-state index contributed by atoms with van der Waals surface area (Å²) in [7, 11) is -1.17. The zero-order valence-corrected chi connectivity index (χ0v) is 20.0. The number of nitrogens with zero attached hydrogens (tertiary/aromatic N) is 3. The summed E-state index contributed by atoms with van der Waals surface area (Å²) < 4.78 is 77.7. The highest BCUT2D eigenvalue weighted by Crippen LogP contribution is 2.36. The first-order valence-electron chi connectivity index (χ1n) is 10.2. The minimum Gasteiger partial charge on any atom is -0.497 e. The molecular weight excluding hydrogens is 491 g/mol. The molecule has 1 fully saturated rings. The number of hydrogen-bond acceptors (Lipinski definition) is 7. The van der Waals surface area contributed by atoms with E-state index in [2.05, 4.69) is 4.98 Å². The van der Waals surface area contributed by atoms with E-state index in [9.17, 15) is 21.6 Å². The largest absolute Gasteiger partial charge is 0.497 e. The summed E-state index contributed by atoms with van der Waals surface area (Å²) in [6.45, 7) is 0.719. The van der Waals surface area contributed by atoms with Crippen molar-refractivity contribution in [3.05, 3.63) is 53.4 Å². The van der Waals surface area contributed by atoms with Gasteiger partial charge >= 0.3 is 6.18 Å². The summed E-state index contributed by atoms with van der Waals surface area (Å²) in [4.78, 5) is 5.86. The first-order chi connectivity index (χ1) is 16.1. The van der Waals surface area contributed by atoms with Crippen molar-refractivity contribution in [2.45, 2.75) is 11.1 Å². The Morgan fingerprint density at radius 2 is 1.59 bits per heavy atom. The molecule has 0 unspecified atom stereocenters. The van der Waals surface area contributed by atoms with Gasteiger partial charge in [0, 0.05) is 43.2 Å². The van der Waals surface area contributed by atoms with E-state index in [1.807, 2.05) is 22.4 Å². The highest BCUT2D eigenvalue weighted by atomic mass is 32.2. The number of benzene rings is 2. The number of anilines is 1. The molecule has 4 rings (SSSR count). The van der Waals surface area contributed by atoms with Crippen LogP contribution in [0.25, 0.3) is 11.3 Å². The molecule has 34 heavy (non-hydrogen) atoms. The zero-order valence-electron chi connectivity index (χ0n) is 18.4. The Morgan fingerprint density at radius 3 is 2.18 bits per heavy atom. The molecule has 0 radical (unpaired) electrons. The van der Waals surface area contributed by atoms with Crippen LogP contribution in [0.5, 0.6) is 11.5 Å². The Bertz CT molecular complexity index is 1250. The van der Waals surface area contributed by atoms with Crippen molar-refractivity contribution in [3.8, 4) is 22.8 Å². The molecule has 3 aromatic rings. The molecule has 0 amide bonds. The number of rotatable bonds is 6. The summed E-state index contributed by atoms with van der Waals surface area (Å²) in [6, 6.07) is 9.69. The molecule has 1 aromatic heterocycles. The van der Waals surface area contributed by atoms with Crippen LogP contribution < -0.4 is 14.4 Å². The van der Waals surface area contributed by atoms with Gasteiger partial charge in [-0.05, 0) is 24.3 Å². The summed E-state index contributed by atoms with van der Waals surface area (Å²) in [5.74, 6) is 1.25. The monoisotopic (exact) mass is 513 g/mol. The predicted octanol–water partition coefficient (Wildman–Crippen LogP) is 4.36. The minimum atomic E-state index is -4.76. The lowest BCUT2D eigenvalue weighted by Gasteiger charge is -2.34. The van der Waals surface area contributed by atoms with Gasteiger partial charge in [0.15, 0.2) is 5.13 Å². The van der Waals surface area contributed by atoms with Crippen LogP contribution in [0.4, 0.5) is 18.3 Å². The normalized spacial score (nSPS) is 15.4. The van der Waals surface area contributed by atoms with Gasteiger partial charge in [-0.1, -0.05) is 12.1 Å². The Balaban J connectivity index is 1.50. The van der Waals surface area contributed by atoms with Gasteiger partial charge in [-0.2, -0.15) is 17.5 Å². The maximum absolute atomic E-state index is 13.4. The van der Waals surface area contributed by atoms with Crippen LogP contribution in [0.1, 0.15) is 5.56 Å². The average molecular weight is 514 g/mol. The smallest absolute Gasteiger partial charge is 0.417 e. The number of sulfonamides is 1. The van der Waals surface area contributed by atoms with Gasteiger partial charge in [0.05, 0.1) is 30.4 Å². The molecule has 0 N–H and O–H groups in total. The fourth-order valence-electron chi connectivity index (χ4n) is 3.68. The number of hydrogen-bond donors (Lipinski definition) is 0. The van der Waals surface area contributed by atoms with Gasteiger partial charge in [-0.15, -0.1) is 11.3 Å². The summed E-state index contributed by atoms with van der Waals surface area (Å²) >= 11 is 1.41. The van der Waals surface area contributed by atoms with Crippen LogP contribution in [-0.4, -0.2) is 58.1 Å². The quantitative estimate of drug-likeness (QED) is 0.488. The molecule has 2 heterocycles. The van der Waals surface area contributed by atoms with Gasteiger partial charge in [-0.3, -0.25) is 0 Å². The Labute approximate surface area is 199 Å². The second-order valence-corrected chi connectivity index (χ2v) is 10.2. The van der Waals surface area contributed by atoms with Crippen molar-refractivity contribution >= 4 is 26.5 Å². The third-order valence-electron chi connectivity index (χ3n) is 5.46. The highest BCUT2D eigenvalue weighted by Gasteiger charge is 2.39. The third kappa shape index (κ3) is 4.84. The Kier molecular flexibility index (Phi) is 6.74. The van der Waals surface area contributed by atoms with Crippen molar-refractivity contribution in [2.24, 2.45) is 0 Å². The standard InChI is InChI=1S/C22H22F3N3O4S2/c1-31-16-11-15(12-17(13-16)32-2)19-14-33-21(26-19)27-7-9-28(10-8-27)34(29,30)20-6-4-3-5-18(20)22(23,24)25/h3-6,11-14H,7-10H2,1-2H3. The number of alkyl halides is 3. The lowest BCUT2D eigenvalue weighted by Crippen LogP contribution is -2.48. The number of thiazole rings is 1. The molecule has 0 spiro atoms. The second kappa shape index (κ2) is 9.43. The van der Waals surface area contributed by atoms with Gasteiger partial charge in [0.1, 0.15) is 11.5 Å². The van der Waals surface area contributed by atoms with Gasteiger partial charge in [-0.25, -0.2) is 13.4 Å². The molecule has 2 aromatic carbocycles. The fourth-order valence-corrected chi connectivity index (χ4v) is 6.20. The van der Waals surface area contributed by atoms with E-state index in [1.165, 1.54) is 23.5 Å². The summed E-state index contributed by atoms with van der Waals surface area (Å²) in [5, 5.41) is 2.58. The topological polar surface area (TPSA) is 72.0 Å². The molecule has 0 saturated carbocycles. The highest BCUT2D eigenvalue weighted by molar-refractivity contribution is 7.89. The molecule has 182 valence electrons. The first kappa shape index (κ1) is 24.3. The van der Waals surface area contributed by atoms with Crippen molar-refractivity contribution in [1.82, 2.24) is 9.29 Å². The van der Waals surface area contributed by atoms with Crippen molar-refractivity contribution in [1.29, 1.82) is 0 Å². The molecule has 12 heteroatoms. The van der Waals surface area contributed by atoms with E-state index < -0.39 is 26.7 Å². The van der Waals surface area contributed by atoms with E-state index in [1.54, 1.807) is 20.3 Å². The van der Waals surface area contributed by atoms with E-state index >= 15 is 0 Å². The average Bonchev–Trinajstić information content (AvgIpc) is 3.33. The number of halogens is 3. The molecule has 1 saturated heterocycles. The predicted molar refractivity (Wildman–Crippen MR) is 123 cm³/mol. The molecule has 7 nitrogen and oxygen atoms in total. The summed E-state index contributed by atoms with van der Waals surface area (Å²) in [6.07, 6.45) is -4.76. The van der Waals surface area contributed by atoms with Gasteiger partial charge in [0.25, 0.3) is 0 Å². The van der Waals surface area contributed by atoms with Crippen molar-refractivity contribution in [2.75, 3.05) is 45.3 Å². The van der Waals surface area contributed by atoms with Gasteiger partial charge < -0.3 is 14.4 Å². The molecule has 0 atom stereocenters. The molecular formula is C22H22F3N3O4S2. The SMILES string of the molecule is COc1cc(OC)cc(-c2csc(N3CCN(S(=O)(=O)c4ccccc4C(F)(F)F)CC3)n2)c1. The molecule has 1 aliphatic heterocycles. The van der Waals surface area contributed by atoms with Crippen LogP contribution >= 0.6 is 11.3 Å². The maximum atomic E-state index is 13.4. The fraction of sp³-hybridized carbons (Fsp3) is 0.318. The van der Waals surface area contributed by atoms with Crippen LogP contribution in [0.2, 0.25) is 0 Å². The number of methoxy groups -OCH3 is 2. The summed E-state index contributed by atoms with van der Waals surface area (Å²) in [5.41, 5.74) is 0.366. The first-order valence-corrected chi connectivity index (χ1v) is 12.6. The molecule has 0 aliphatic carbocycles. The number of ether oxygens (including phenoxy) is 2. The molecule has 0 bridgehead atoms. The van der Waals surface area contributed by atoms with Crippen molar-refractivity contribution in [3.63, 3.8) is 0 Å². The van der Waals surface area contributed by atoms with E-state index in [0.717, 1.165) is 22.0 Å². The van der Waals surface area contributed by atoms with Crippen LogP contribution in [0, 0.1) is 0 Å². The lowest BCUT2D eigenvalue weighted by molar-refractivity contribution is -0.139. The third-order valence-corrected chi connectivity index (χ3v) is 8.32. The lowest BCUT2D eigenvalue weighted by atomic mass is 10.1. The Morgan fingerprint density at radius 1 is 0.971 bits per heavy atom. The minimum absolute atomic E-state index is 0.0520. The van der Waals surface area contributed by atoms with Crippen LogP contribution in [0.15, 0.2) is 52.7 Å². The Hall–Kier alpha value is -2.83. The number of piperazine rings is 1. The van der Waals surface area contributed by atoms with E-state index in [-0.39, 0.29) is 13.1 Å². The van der Waals surface area contributed by atoms with E-state index in [4.69, 9.17) is 9.47 Å². The second-order valence-electron chi connectivity index (χ2n) is 7.50. The number of aromatic nitrogens is 1. The zero-order chi connectivity index (χ0) is 24.5.